The van der Waals surface area contributed by atoms with Gasteiger partial charge in [-0.1, -0.05) is 30.3 Å². The second-order valence-corrected chi connectivity index (χ2v) is 9.65. The Morgan fingerprint density at radius 3 is 2.62 bits per heavy atom. The van der Waals surface area contributed by atoms with Gasteiger partial charge in [0.15, 0.2) is 22.8 Å². The van der Waals surface area contributed by atoms with E-state index in [0.717, 1.165) is 11.3 Å². The van der Waals surface area contributed by atoms with E-state index in [2.05, 4.69) is 19.9 Å². The lowest BCUT2D eigenvalue weighted by atomic mass is 9.91. The average molecular weight is 548 g/mol. The van der Waals surface area contributed by atoms with Crippen LogP contribution >= 0.6 is 22.9 Å². The molecular formula is C22H22ClN7O6S. The molecule has 0 bridgehead atoms. The van der Waals surface area contributed by atoms with Gasteiger partial charge in [-0.15, -0.1) is 11.3 Å². The van der Waals surface area contributed by atoms with E-state index < -0.39 is 42.7 Å². The molecule has 5 atom stereocenters. The van der Waals surface area contributed by atoms with E-state index in [9.17, 15) is 20.1 Å². The number of aliphatic hydroxyl groups is 2. The van der Waals surface area contributed by atoms with E-state index in [4.69, 9.17) is 32.5 Å². The summed E-state index contributed by atoms with van der Waals surface area (Å²) in [5, 5.41) is 33.4. The maximum Gasteiger partial charge on any atom is 0.342 e. The predicted molar refractivity (Wildman–Crippen MR) is 133 cm³/mol. The molecule has 1 saturated heterocycles. The fraction of sp³-hybridized carbons (Fsp3) is 0.318. The molecule has 1 fully saturated rings. The van der Waals surface area contributed by atoms with E-state index in [1.807, 2.05) is 6.07 Å². The third-order valence-electron chi connectivity index (χ3n) is 6.10. The number of ether oxygens (including phenoxy) is 2. The number of carboxylic acids is 1. The molecule has 194 valence electrons. The molecule has 4 aromatic rings. The van der Waals surface area contributed by atoms with Crippen LogP contribution in [0.2, 0.25) is 5.28 Å². The number of anilines is 2. The van der Waals surface area contributed by atoms with Crippen LogP contribution in [0.1, 0.15) is 17.5 Å². The molecule has 1 unspecified atom stereocenters. The summed E-state index contributed by atoms with van der Waals surface area (Å²) in [5.41, 5.74) is 10.9. The van der Waals surface area contributed by atoms with Gasteiger partial charge in [0.25, 0.3) is 0 Å². The highest BCUT2D eigenvalue weighted by Crippen LogP contribution is 2.36. The van der Waals surface area contributed by atoms with Gasteiger partial charge < -0.3 is 36.3 Å². The first-order chi connectivity index (χ1) is 17.7. The number of aliphatic carboxylic acids is 1. The number of rotatable bonds is 8. The van der Waals surface area contributed by atoms with E-state index in [1.165, 1.54) is 16.3 Å². The second kappa shape index (κ2) is 9.81. The zero-order valence-corrected chi connectivity index (χ0v) is 20.6. The fourth-order valence-corrected chi connectivity index (χ4v) is 5.03. The number of aromatic nitrogens is 5. The number of nitrogens with zero attached hydrogens (tertiary/aromatic N) is 5. The molecule has 0 spiro atoms. The van der Waals surface area contributed by atoms with Gasteiger partial charge in [-0.05, 0) is 17.2 Å². The summed E-state index contributed by atoms with van der Waals surface area (Å²) in [7, 11) is 0. The number of hydrogen-bond acceptors (Lipinski definition) is 12. The molecule has 0 aliphatic carbocycles. The monoisotopic (exact) mass is 547 g/mol. The van der Waals surface area contributed by atoms with Crippen molar-refractivity contribution in [3.63, 3.8) is 0 Å². The molecule has 1 aromatic carbocycles. The molecule has 0 radical (unpaired) electrons. The van der Waals surface area contributed by atoms with Crippen LogP contribution in [0.5, 0.6) is 0 Å². The van der Waals surface area contributed by atoms with E-state index >= 15 is 0 Å². The second-order valence-electron chi connectivity index (χ2n) is 8.42. The van der Waals surface area contributed by atoms with Crippen molar-refractivity contribution >= 4 is 51.0 Å². The number of nitrogen functional groups attached to an aromatic ring is 2. The van der Waals surface area contributed by atoms with Crippen LogP contribution in [-0.2, 0) is 26.3 Å². The largest absolute Gasteiger partial charge is 0.479 e. The topological polar surface area (TPSA) is 205 Å². The quantitative estimate of drug-likeness (QED) is 0.196. The van der Waals surface area contributed by atoms with Gasteiger partial charge in [0.2, 0.25) is 10.9 Å². The SMILES string of the molecule is Nc1nc(C(Cc2ccccc2)(OC[C@H]2O[C@@H](n3cnc4c(N)nc(Cl)nc43)[C@H](O)[C@@H]2O)C(=O)O)cs1. The van der Waals surface area contributed by atoms with Crippen molar-refractivity contribution in [3.8, 4) is 0 Å². The first-order valence-electron chi connectivity index (χ1n) is 11.0. The number of benzene rings is 1. The summed E-state index contributed by atoms with van der Waals surface area (Å²) in [6, 6.07) is 8.89. The van der Waals surface area contributed by atoms with E-state index in [1.54, 1.807) is 24.3 Å². The summed E-state index contributed by atoms with van der Waals surface area (Å²) in [5.74, 6) is -1.26. The summed E-state index contributed by atoms with van der Waals surface area (Å²) < 4.78 is 13.3. The van der Waals surface area contributed by atoms with Crippen LogP contribution in [0.4, 0.5) is 10.9 Å². The maximum atomic E-state index is 12.6. The smallest absolute Gasteiger partial charge is 0.342 e. The Labute approximate surface area is 218 Å². The van der Waals surface area contributed by atoms with Crippen molar-refractivity contribution in [2.75, 3.05) is 18.1 Å². The summed E-state index contributed by atoms with van der Waals surface area (Å²) in [6.45, 7) is -0.393. The molecule has 0 saturated carbocycles. The molecule has 3 aromatic heterocycles. The highest BCUT2D eigenvalue weighted by atomic mass is 35.5. The van der Waals surface area contributed by atoms with Crippen LogP contribution in [0.25, 0.3) is 11.2 Å². The molecule has 5 rings (SSSR count). The third-order valence-corrected chi connectivity index (χ3v) is 6.95. The summed E-state index contributed by atoms with van der Waals surface area (Å²) >= 11 is 7.00. The van der Waals surface area contributed by atoms with Gasteiger partial charge >= 0.3 is 5.97 Å². The first-order valence-corrected chi connectivity index (χ1v) is 12.3. The molecule has 0 amide bonds. The lowest BCUT2D eigenvalue weighted by Crippen LogP contribution is -2.44. The first kappa shape index (κ1) is 25.3. The van der Waals surface area contributed by atoms with Crippen molar-refractivity contribution in [1.29, 1.82) is 0 Å². The molecule has 13 nitrogen and oxygen atoms in total. The van der Waals surface area contributed by atoms with E-state index in [-0.39, 0.29) is 39.5 Å². The zero-order chi connectivity index (χ0) is 26.3. The van der Waals surface area contributed by atoms with Crippen LogP contribution in [0, 0.1) is 0 Å². The number of thiazole rings is 1. The lowest BCUT2D eigenvalue weighted by molar-refractivity contribution is -0.177. The number of carbonyl (C=O) groups is 1. The number of aliphatic hydroxyl groups excluding tert-OH is 2. The van der Waals surface area contributed by atoms with Gasteiger partial charge in [-0.25, -0.2) is 14.8 Å². The highest BCUT2D eigenvalue weighted by Gasteiger charge is 2.49. The highest BCUT2D eigenvalue weighted by molar-refractivity contribution is 7.13. The van der Waals surface area contributed by atoms with Crippen LogP contribution in [0.3, 0.4) is 0 Å². The molecule has 7 N–H and O–H groups in total. The molecule has 4 heterocycles. The standard InChI is InChI=1S/C22H22ClN7O6S/c23-20-28-16(24)13-17(29-20)30(9-26-13)18-15(32)14(31)11(36-18)7-35-22(19(33)34,12-8-37-21(25)27-12)6-10-4-2-1-3-5-10/h1-5,8-9,11,14-15,18,31-32H,6-7H2,(H2,25,27)(H,33,34)(H2,24,28,29)/t11-,14-,15-,18-,22?/m1/s1. The Bertz CT molecular complexity index is 1440. The van der Waals surface area contributed by atoms with Gasteiger partial charge in [0, 0.05) is 11.8 Å². The molecular weight excluding hydrogens is 526 g/mol. The number of imidazole rings is 1. The maximum absolute atomic E-state index is 12.6. The number of fused-ring (bicyclic) bond motifs is 1. The van der Waals surface area contributed by atoms with Crippen LogP contribution < -0.4 is 11.5 Å². The Kier molecular flexibility index (Phi) is 6.70. The minimum Gasteiger partial charge on any atom is -0.479 e. The van der Waals surface area contributed by atoms with Crippen LogP contribution in [0.15, 0.2) is 42.0 Å². The Morgan fingerprint density at radius 2 is 1.95 bits per heavy atom. The van der Waals surface area contributed by atoms with Gasteiger partial charge in [-0.3, -0.25) is 4.57 Å². The predicted octanol–water partition coefficient (Wildman–Crippen LogP) is 0.959. The van der Waals surface area contributed by atoms with Crippen molar-refractivity contribution in [3.05, 3.63) is 58.6 Å². The van der Waals surface area contributed by atoms with Gasteiger partial charge in [-0.2, -0.15) is 9.97 Å². The number of halogens is 1. The minimum atomic E-state index is -1.93. The van der Waals surface area contributed by atoms with Crippen LogP contribution in [-0.4, -0.2) is 70.7 Å². The minimum absolute atomic E-state index is 0.0383. The Hall–Kier alpha value is -3.40. The van der Waals surface area contributed by atoms with Gasteiger partial charge in [0.1, 0.15) is 23.8 Å². The van der Waals surface area contributed by atoms with Crippen molar-refractivity contribution in [1.82, 2.24) is 24.5 Å². The Balaban J connectivity index is 1.43. The number of carboxylic acid groups (broad SMARTS) is 1. The van der Waals surface area contributed by atoms with Gasteiger partial charge in [0.05, 0.1) is 18.6 Å². The number of hydrogen-bond donors (Lipinski definition) is 5. The van der Waals surface area contributed by atoms with Crippen molar-refractivity contribution < 1.29 is 29.6 Å². The fourth-order valence-electron chi connectivity index (χ4n) is 4.24. The summed E-state index contributed by atoms with van der Waals surface area (Å²) in [4.78, 5) is 28.9. The molecule has 1 aliphatic heterocycles. The van der Waals surface area contributed by atoms with Crippen molar-refractivity contribution in [2.45, 2.75) is 36.6 Å². The Morgan fingerprint density at radius 1 is 1.19 bits per heavy atom. The zero-order valence-electron chi connectivity index (χ0n) is 19.0. The number of nitrogens with two attached hydrogens (primary N) is 2. The molecule has 1 aliphatic rings. The third kappa shape index (κ3) is 4.58. The van der Waals surface area contributed by atoms with E-state index in [0.29, 0.717) is 5.56 Å². The normalized spacial score (nSPS) is 23.3. The average Bonchev–Trinajstić information content (AvgIpc) is 3.56. The molecule has 15 heteroatoms. The lowest BCUT2D eigenvalue weighted by Gasteiger charge is -2.30. The molecule has 37 heavy (non-hydrogen) atoms. The van der Waals surface area contributed by atoms with Crippen molar-refractivity contribution in [2.24, 2.45) is 0 Å². The summed E-state index contributed by atoms with van der Waals surface area (Å²) in [6.07, 6.45) is -3.85.